The highest BCUT2D eigenvalue weighted by atomic mass is 19.4. The van der Waals surface area contributed by atoms with Crippen LogP contribution in [0.2, 0.25) is 0 Å². The molecule has 2 aromatic carbocycles. The first-order valence-electron chi connectivity index (χ1n) is 8.72. The zero-order chi connectivity index (χ0) is 21.6. The topological polar surface area (TPSA) is 90.4 Å². The molecular weight excluding hydrogens is 403 g/mol. The number of anilines is 1. The summed E-state index contributed by atoms with van der Waals surface area (Å²) in [6, 6.07) is 11.3. The lowest BCUT2D eigenvalue weighted by Gasteiger charge is -2.13. The van der Waals surface area contributed by atoms with Crippen molar-refractivity contribution in [3.8, 4) is 0 Å². The molecule has 0 atom stereocenters. The molecule has 0 spiro atoms. The molecule has 2 aromatic heterocycles. The quantitative estimate of drug-likeness (QED) is 0.517. The summed E-state index contributed by atoms with van der Waals surface area (Å²) in [5, 5.41) is 6.20. The summed E-state index contributed by atoms with van der Waals surface area (Å²) in [5.41, 5.74) is -2.35. The van der Waals surface area contributed by atoms with Gasteiger partial charge < -0.3 is 9.88 Å². The van der Waals surface area contributed by atoms with Crippen molar-refractivity contribution in [2.75, 3.05) is 5.32 Å². The number of halogens is 3. The highest BCUT2D eigenvalue weighted by Crippen LogP contribution is 2.34. The van der Waals surface area contributed by atoms with Crippen molar-refractivity contribution in [3.05, 3.63) is 74.8 Å². The second-order valence-electron chi connectivity index (χ2n) is 6.54. The summed E-state index contributed by atoms with van der Waals surface area (Å²) < 4.78 is 42.6. The van der Waals surface area contributed by atoms with Crippen LogP contribution in [0.4, 0.5) is 18.9 Å². The van der Waals surface area contributed by atoms with Crippen LogP contribution in [0.15, 0.2) is 58.1 Å². The number of aromatic nitrogens is 4. The third kappa shape index (κ3) is 3.13. The van der Waals surface area contributed by atoms with Gasteiger partial charge in [0.25, 0.3) is 0 Å². The molecule has 0 bridgehead atoms. The number of rotatable bonds is 3. The summed E-state index contributed by atoms with van der Waals surface area (Å²) in [6.45, 7) is -0.724. The molecule has 11 heteroatoms. The van der Waals surface area contributed by atoms with Gasteiger partial charge in [-0.25, -0.2) is 9.08 Å². The van der Waals surface area contributed by atoms with E-state index in [1.807, 2.05) is 0 Å². The lowest BCUT2D eigenvalue weighted by molar-refractivity contribution is -0.137. The molecule has 0 unspecified atom stereocenters. The van der Waals surface area contributed by atoms with Gasteiger partial charge in [0, 0.05) is 7.05 Å². The van der Waals surface area contributed by atoms with Gasteiger partial charge in [0.1, 0.15) is 6.54 Å². The Kier molecular flexibility index (Phi) is 4.45. The monoisotopic (exact) mass is 417 g/mol. The number of nitrogens with one attached hydrogen (secondary N) is 1. The largest absolute Gasteiger partial charge is 0.418 e. The van der Waals surface area contributed by atoms with E-state index in [4.69, 9.17) is 0 Å². The van der Waals surface area contributed by atoms with Gasteiger partial charge in [0.15, 0.2) is 0 Å². The number of carbonyl (C=O) groups is 1. The Morgan fingerprint density at radius 1 is 1.00 bits per heavy atom. The third-order valence-corrected chi connectivity index (χ3v) is 4.61. The Morgan fingerprint density at radius 2 is 1.63 bits per heavy atom. The van der Waals surface area contributed by atoms with E-state index in [2.05, 4.69) is 10.4 Å². The smallest absolute Gasteiger partial charge is 0.324 e. The summed E-state index contributed by atoms with van der Waals surface area (Å²) >= 11 is 0. The normalized spacial score (nSPS) is 11.9. The maximum Gasteiger partial charge on any atom is 0.418 e. The highest BCUT2D eigenvalue weighted by molar-refractivity contribution is 5.91. The molecular formula is C19H14F3N5O3. The summed E-state index contributed by atoms with van der Waals surface area (Å²) in [7, 11) is 1.64. The number of nitrogens with zero attached hydrogens (tertiary/aromatic N) is 4. The molecule has 0 saturated carbocycles. The fourth-order valence-electron chi connectivity index (χ4n) is 3.25. The predicted octanol–water partition coefficient (Wildman–Crippen LogP) is 2.01. The van der Waals surface area contributed by atoms with E-state index < -0.39 is 41.0 Å². The van der Waals surface area contributed by atoms with Crippen LogP contribution in [-0.2, 0) is 24.6 Å². The van der Waals surface area contributed by atoms with Crippen molar-refractivity contribution >= 4 is 28.4 Å². The van der Waals surface area contributed by atoms with Crippen molar-refractivity contribution in [2.45, 2.75) is 12.7 Å². The Labute approximate surface area is 165 Å². The molecule has 4 rings (SSSR count). The minimum atomic E-state index is -4.67. The van der Waals surface area contributed by atoms with Crippen LogP contribution < -0.4 is 16.4 Å². The van der Waals surface area contributed by atoms with Crippen molar-refractivity contribution < 1.29 is 18.0 Å². The maximum absolute atomic E-state index is 13.1. The molecule has 0 aliphatic rings. The van der Waals surface area contributed by atoms with Gasteiger partial charge in [0.2, 0.25) is 11.7 Å². The molecule has 2 heterocycles. The molecule has 1 N–H and O–H groups in total. The van der Waals surface area contributed by atoms with Gasteiger partial charge in [0.05, 0.1) is 22.3 Å². The molecule has 1 amide bonds. The molecule has 0 aliphatic carbocycles. The van der Waals surface area contributed by atoms with E-state index in [1.165, 1.54) is 12.1 Å². The standard InChI is InChI=1S/C19H14F3N5O3/c1-25-13-8-4-5-9-14(13)27-17(30)16(29)26(24-18(25)27)10-15(28)23-12-7-3-2-6-11(12)19(20,21)22/h2-9H,10H2,1H3,(H,23,28). The molecule has 0 saturated heterocycles. The lowest BCUT2D eigenvalue weighted by atomic mass is 10.1. The fraction of sp³-hybridized carbons (Fsp3) is 0.158. The molecule has 4 aromatic rings. The Bertz CT molecular complexity index is 1420. The number of hydrogen-bond donors (Lipinski definition) is 1. The van der Waals surface area contributed by atoms with E-state index in [1.54, 1.807) is 35.9 Å². The fourth-order valence-corrected chi connectivity index (χ4v) is 3.25. The number of imidazole rings is 1. The second kappa shape index (κ2) is 6.87. The average Bonchev–Trinajstić information content (AvgIpc) is 2.98. The number of amides is 1. The zero-order valence-electron chi connectivity index (χ0n) is 15.5. The number of benzene rings is 2. The third-order valence-electron chi connectivity index (χ3n) is 4.61. The molecule has 0 fully saturated rings. The van der Waals surface area contributed by atoms with Crippen LogP contribution in [-0.4, -0.2) is 24.7 Å². The van der Waals surface area contributed by atoms with E-state index in [-0.39, 0.29) is 5.78 Å². The van der Waals surface area contributed by atoms with Crippen molar-refractivity contribution in [2.24, 2.45) is 7.05 Å². The molecule has 0 radical (unpaired) electrons. The van der Waals surface area contributed by atoms with Crippen LogP contribution in [0.3, 0.4) is 0 Å². The Hall–Kier alpha value is -3.89. The molecule has 8 nitrogen and oxygen atoms in total. The van der Waals surface area contributed by atoms with Gasteiger partial charge >= 0.3 is 17.3 Å². The van der Waals surface area contributed by atoms with Gasteiger partial charge in [-0.1, -0.05) is 24.3 Å². The Balaban J connectivity index is 1.74. The van der Waals surface area contributed by atoms with Crippen molar-refractivity contribution in [1.29, 1.82) is 0 Å². The van der Waals surface area contributed by atoms with Crippen LogP contribution in [0.5, 0.6) is 0 Å². The minimum Gasteiger partial charge on any atom is -0.324 e. The predicted molar refractivity (Wildman–Crippen MR) is 102 cm³/mol. The number of alkyl halides is 3. The number of fused-ring (bicyclic) bond motifs is 3. The molecule has 0 aliphatic heterocycles. The number of para-hydroxylation sites is 3. The molecule has 154 valence electrons. The lowest BCUT2D eigenvalue weighted by Crippen LogP contribution is -2.42. The van der Waals surface area contributed by atoms with Gasteiger partial charge in [-0.15, -0.1) is 5.10 Å². The van der Waals surface area contributed by atoms with E-state index >= 15 is 0 Å². The van der Waals surface area contributed by atoms with Crippen LogP contribution in [0.25, 0.3) is 16.8 Å². The first-order valence-corrected chi connectivity index (χ1v) is 8.72. The SMILES string of the molecule is Cn1c2ccccc2n2c(=O)c(=O)n(CC(=O)Nc3ccccc3C(F)(F)F)nc12. The number of hydrogen-bond acceptors (Lipinski definition) is 4. The van der Waals surface area contributed by atoms with Gasteiger partial charge in [-0.3, -0.25) is 14.4 Å². The minimum absolute atomic E-state index is 0.115. The maximum atomic E-state index is 13.1. The highest BCUT2D eigenvalue weighted by Gasteiger charge is 2.33. The number of aryl methyl sites for hydroxylation is 1. The Morgan fingerprint density at radius 3 is 2.33 bits per heavy atom. The summed E-state index contributed by atoms with van der Waals surface area (Å²) in [6.07, 6.45) is -4.67. The first-order chi connectivity index (χ1) is 14.2. The van der Waals surface area contributed by atoms with Gasteiger partial charge in [-0.05, 0) is 24.3 Å². The van der Waals surface area contributed by atoms with Crippen LogP contribution in [0.1, 0.15) is 5.56 Å². The van der Waals surface area contributed by atoms with Crippen LogP contribution >= 0.6 is 0 Å². The van der Waals surface area contributed by atoms with E-state index in [0.717, 1.165) is 16.5 Å². The average molecular weight is 417 g/mol. The van der Waals surface area contributed by atoms with Crippen LogP contribution in [0, 0.1) is 0 Å². The first kappa shape index (κ1) is 19.4. The van der Waals surface area contributed by atoms with Gasteiger partial charge in [-0.2, -0.15) is 13.2 Å². The zero-order valence-corrected chi connectivity index (χ0v) is 15.5. The summed E-state index contributed by atoms with van der Waals surface area (Å²) in [4.78, 5) is 37.4. The second-order valence-corrected chi connectivity index (χ2v) is 6.54. The van der Waals surface area contributed by atoms with E-state index in [0.29, 0.717) is 15.7 Å². The van der Waals surface area contributed by atoms with E-state index in [9.17, 15) is 27.6 Å². The molecule has 30 heavy (non-hydrogen) atoms. The number of carbonyl (C=O) groups excluding carboxylic acids is 1. The van der Waals surface area contributed by atoms with Crippen molar-refractivity contribution in [1.82, 2.24) is 18.7 Å². The van der Waals surface area contributed by atoms with Crippen molar-refractivity contribution in [3.63, 3.8) is 0 Å². The summed E-state index contributed by atoms with van der Waals surface area (Å²) in [5.74, 6) is -0.812.